The molecule has 2 heteroatoms. The maximum absolute atomic E-state index is 6.13. The lowest BCUT2D eigenvalue weighted by Crippen LogP contribution is -2.22. The molecule has 0 aliphatic heterocycles. The Morgan fingerprint density at radius 1 is 1.33 bits per heavy atom. The lowest BCUT2D eigenvalue weighted by atomic mass is 10.1. The number of unbranched alkanes of at least 4 members (excludes halogenated alkanes) is 3. The van der Waals surface area contributed by atoms with Gasteiger partial charge >= 0.3 is 0 Å². The molecular formula is C16H25NS. The molecule has 0 radical (unpaired) electrons. The Morgan fingerprint density at radius 2 is 2.17 bits per heavy atom. The number of rotatable bonds is 9. The van der Waals surface area contributed by atoms with Gasteiger partial charge in [0, 0.05) is 16.7 Å². The SMILES string of the molecule is C=CCCCCCC(N)CSc1cccc(C)c1. The summed E-state index contributed by atoms with van der Waals surface area (Å²) in [6.07, 6.45) is 8.02. The van der Waals surface area contributed by atoms with Crippen LogP contribution >= 0.6 is 11.8 Å². The average molecular weight is 263 g/mol. The third kappa shape index (κ3) is 6.87. The summed E-state index contributed by atoms with van der Waals surface area (Å²) in [4.78, 5) is 1.33. The van der Waals surface area contributed by atoms with Gasteiger partial charge in [-0.25, -0.2) is 0 Å². The summed E-state index contributed by atoms with van der Waals surface area (Å²) in [6, 6.07) is 8.94. The van der Waals surface area contributed by atoms with Gasteiger partial charge in [-0.05, 0) is 38.3 Å². The van der Waals surface area contributed by atoms with Crippen molar-refractivity contribution >= 4 is 11.8 Å². The Labute approximate surface area is 116 Å². The zero-order valence-corrected chi connectivity index (χ0v) is 12.2. The number of hydrogen-bond donors (Lipinski definition) is 1. The van der Waals surface area contributed by atoms with Gasteiger partial charge in [0.05, 0.1) is 0 Å². The highest BCUT2D eigenvalue weighted by Crippen LogP contribution is 2.20. The molecule has 100 valence electrons. The lowest BCUT2D eigenvalue weighted by molar-refractivity contribution is 0.587. The molecule has 0 fully saturated rings. The normalized spacial score (nSPS) is 12.3. The van der Waals surface area contributed by atoms with Crippen molar-refractivity contribution in [3.8, 4) is 0 Å². The number of allylic oxidation sites excluding steroid dienone is 1. The minimum absolute atomic E-state index is 0.319. The molecule has 18 heavy (non-hydrogen) atoms. The predicted molar refractivity (Wildman–Crippen MR) is 83.2 cm³/mol. The van der Waals surface area contributed by atoms with Crippen molar-refractivity contribution in [1.29, 1.82) is 0 Å². The Hall–Kier alpha value is -0.730. The molecule has 1 aromatic rings. The van der Waals surface area contributed by atoms with Gasteiger partial charge in [-0.15, -0.1) is 18.3 Å². The van der Waals surface area contributed by atoms with Crippen LogP contribution < -0.4 is 5.73 Å². The number of nitrogens with two attached hydrogens (primary N) is 1. The van der Waals surface area contributed by atoms with Crippen molar-refractivity contribution in [2.45, 2.75) is 50.0 Å². The Bertz CT molecular complexity index is 349. The zero-order valence-electron chi connectivity index (χ0n) is 11.4. The van der Waals surface area contributed by atoms with Crippen LogP contribution in [0.5, 0.6) is 0 Å². The number of thioether (sulfide) groups is 1. The molecular weight excluding hydrogens is 238 g/mol. The summed E-state index contributed by atoms with van der Waals surface area (Å²) >= 11 is 1.87. The molecule has 1 rings (SSSR count). The maximum Gasteiger partial charge on any atom is 0.0133 e. The number of aryl methyl sites for hydroxylation is 1. The van der Waals surface area contributed by atoms with Crippen LogP contribution in [0, 0.1) is 6.92 Å². The van der Waals surface area contributed by atoms with Gasteiger partial charge in [0.2, 0.25) is 0 Å². The van der Waals surface area contributed by atoms with Crippen molar-refractivity contribution in [3.05, 3.63) is 42.5 Å². The van der Waals surface area contributed by atoms with Crippen LogP contribution in [0.2, 0.25) is 0 Å². The Kier molecular flexibility index (Phi) is 7.86. The molecule has 0 bridgehead atoms. The molecule has 2 N–H and O–H groups in total. The molecule has 0 aliphatic rings. The maximum atomic E-state index is 6.13. The molecule has 0 spiro atoms. The Balaban J connectivity index is 2.13. The second-order valence-electron chi connectivity index (χ2n) is 4.81. The molecule has 0 saturated carbocycles. The van der Waals surface area contributed by atoms with E-state index < -0.39 is 0 Å². The highest BCUT2D eigenvalue weighted by Gasteiger charge is 2.03. The van der Waals surface area contributed by atoms with E-state index in [9.17, 15) is 0 Å². The third-order valence-corrected chi connectivity index (χ3v) is 4.12. The predicted octanol–water partition coefficient (Wildman–Crippen LogP) is 4.55. The van der Waals surface area contributed by atoms with E-state index in [4.69, 9.17) is 5.73 Å². The summed E-state index contributed by atoms with van der Waals surface area (Å²) in [5.41, 5.74) is 7.45. The summed E-state index contributed by atoms with van der Waals surface area (Å²) in [6.45, 7) is 5.86. The van der Waals surface area contributed by atoms with E-state index in [1.165, 1.54) is 29.7 Å². The lowest BCUT2D eigenvalue weighted by Gasteiger charge is -2.11. The van der Waals surface area contributed by atoms with Crippen molar-refractivity contribution in [2.24, 2.45) is 5.73 Å². The highest BCUT2D eigenvalue weighted by atomic mass is 32.2. The molecule has 1 unspecified atom stereocenters. The quantitative estimate of drug-likeness (QED) is 0.402. The Morgan fingerprint density at radius 3 is 2.89 bits per heavy atom. The van der Waals surface area contributed by atoms with Gasteiger partial charge in [0.25, 0.3) is 0 Å². The van der Waals surface area contributed by atoms with Crippen molar-refractivity contribution in [3.63, 3.8) is 0 Å². The fraction of sp³-hybridized carbons (Fsp3) is 0.500. The largest absolute Gasteiger partial charge is 0.327 e. The first-order chi connectivity index (χ1) is 8.72. The van der Waals surface area contributed by atoms with E-state index in [2.05, 4.69) is 37.8 Å². The van der Waals surface area contributed by atoms with Gasteiger partial charge in [-0.2, -0.15) is 0 Å². The molecule has 0 amide bonds. The number of hydrogen-bond acceptors (Lipinski definition) is 2. The zero-order chi connectivity index (χ0) is 13.2. The van der Waals surface area contributed by atoms with Crippen LogP contribution in [0.25, 0.3) is 0 Å². The van der Waals surface area contributed by atoms with Crippen molar-refractivity contribution in [1.82, 2.24) is 0 Å². The third-order valence-electron chi connectivity index (χ3n) is 2.94. The topological polar surface area (TPSA) is 26.0 Å². The van der Waals surface area contributed by atoms with E-state index in [0.29, 0.717) is 6.04 Å². The summed E-state index contributed by atoms with van der Waals surface area (Å²) in [5.74, 6) is 1.02. The fourth-order valence-electron chi connectivity index (χ4n) is 1.86. The molecule has 1 aromatic carbocycles. The van der Waals surface area contributed by atoms with Crippen LogP contribution in [0.4, 0.5) is 0 Å². The second-order valence-corrected chi connectivity index (χ2v) is 5.91. The minimum atomic E-state index is 0.319. The van der Waals surface area contributed by atoms with E-state index in [-0.39, 0.29) is 0 Å². The monoisotopic (exact) mass is 263 g/mol. The average Bonchev–Trinajstić information content (AvgIpc) is 2.36. The van der Waals surface area contributed by atoms with E-state index in [1.807, 2.05) is 17.8 Å². The molecule has 1 nitrogen and oxygen atoms in total. The summed E-state index contributed by atoms with van der Waals surface area (Å²) < 4.78 is 0. The van der Waals surface area contributed by atoms with E-state index in [1.54, 1.807) is 0 Å². The summed E-state index contributed by atoms with van der Waals surface area (Å²) in [7, 11) is 0. The molecule has 0 aromatic heterocycles. The van der Waals surface area contributed by atoms with Crippen molar-refractivity contribution < 1.29 is 0 Å². The molecule has 0 heterocycles. The van der Waals surface area contributed by atoms with Crippen LogP contribution in [-0.2, 0) is 0 Å². The van der Waals surface area contributed by atoms with E-state index >= 15 is 0 Å². The van der Waals surface area contributed by atoms with Crippen LogP contribution in [0.3, 0.4) is 0 Å². The van der Waals surface area contributed by atoms with Gasteiger partial charge in [-0.1, -0.05) is 36.6 Å². The smallest absolute Gasteiger partial charge is 0.0133 e. The van der Waals surface area contributed by atoms with Gasteiger partial charge < -0.3 is 5.73 Å². The standard InChI is InChI=1S/C16H25NS/c1-3-4-5-6-7-10-15(17)13-18-16-11-8-9-14(2)12-16/h3,8-9,11-12,15H,1,4-7,10,13,17H2,2H3. The van der Waals surface area contributed by atoms with Gasteiger partial charge in [-0.3, -0.25) is 0 Å². The van der Waals surface area contributed by atoms with Crippen LogP contribution in [-0.4, -0.2) is 11.8 Å². The van der Waals surface area contributed by atoms with Crippen molar-refractivity contribution in [2.75, 3.05) is 5.75 Å². The highest BCUT2D eigenvalue weighted by molar-refractivity contribution is 7.99. The van der Waals surface area contributed by atoms with E-state index in [0.717, 1.165) is 18.6 Å². The molecule has 1 atom stereocenters. The van der Waals surface area contributed by atoms with Gasteiger partial charge in [0.1, 0.15) is 0 Å². The fourth-order valence-corrected chi connectivity index (χ4v) is 2.88. The first-order valence-corrected chi connectivity index (χ1v) is 7.77. The minimum Gasteiger partial charge on any atom is -0.327 e. The second kappa shape index (κ2) is 9.23. The number of benzene rings is 1. The van der Waals surface area contributed by atoms with Crippen LogP contribution in [0.1, 0.15) is 37.7 Å². The van der Waals surface area contributed by atoms with Gasteiger partial charge in [0.15, 0.2) is 0 Å². The van der Waals surface area contributed by atoms with Crippen LogP contribution in [0.15, 0.2) is 41.8 Å². The molecule has 0 saturated heterocycles. The first kappa shape index (κ1) is 15.3. The summed E-state index contributed by atoms with van der Waals surface area (Å²) in [5, 5.41) is 0. The first-order valence-electron chi connectivity index (χ1n) is 6.78. The molecule has 0 aliphatic carbocycles.